The van der Waals surface area contributed by atoms with Gasteiger partial charge in [0.15, 0.2) is 0 Å². The summed E-state index contributed by atoms with van der Waals surface area (Å²) in [5, 5.41) is 10.3. The second-order valence-corrected chi connectivity index (χ2v) is 10.8. The molecule has 0 aliphatic rings. The maximum atomic E-state index is 10.9. The van der Waals surface area contributed by atoms with Gasteiger partial charge in [-0.05, 0) is 0 Å². The molecule has 0 aliphatic carbocycles. The first-order chi connectivity index (χ1) is 8.49. The van der Waals surface area contributed by atoms with E-state index in [4.69, 9.17) is 4.62 Å². The van der Waals surface area contributed by atoms with Crippen molar-refractivity contribution in [3.63, 3.8) is 0 Å². The minimum absolute atomic E-state index is 0.586. The van der Waals surface area contributed by atoms with Gasteiger partial charge >= 0.3 is 108 Å². The van der Waals surface area contributed by atoms with E-state index in [9.17, 15) is 10.1 Å². The first-order valence-corrected chi connectivity index (χ1v) is 9.28. The minimum atomic E-state index is -2.75. The molecule has 0 radical (unpaired) electrons. The van der Waals surface area contributed by atoms with Crippen molar-refractivity contribution in [1.82, 2.24) is 0 Å². The summed E-state index contributed by atoms with van der Waals surface area (Å²) < 4.78 is 5.33. The number of hydrogen-bond donors (Lipinski definition) is 0. The summed E-state index contributed by atoms with van der Waals surface area (Å²) in [6, 6.07) is 9.93. The van der Waals surface area contributed by atoms with Crippen molar-refractivity contribution in [2.75, 3.05) is 18.5 Å². The van der Waals surface area contributed by atoms with Gasteiger partial charge in [-0.2, -0.15) is 0 Å². The fourth-order valence-corrected chi connectivity index (χ4v) is 6.37. The van der Waals surface area contributed by atoms with E-state index < -0.39 is 11.9 Å². The summed E-state index contributed by atoms with van der Waals surface area (Å²) in [5.74, 6) is 0. The van der Waals surface area contributed by atoms with Gasteiger partial charge in [-0.1, -0.05) is 0 Å². The van der Waals surface area contributed by atoms with Crippen molar-refractivity contribution in [3.8, 4) is 0 Å². The van der Waals surface area contributed by atoms with Gasteiger partial charge in [-0.3, -0.25) is 0 Å². The molecule has 0 heterocycles. The Morgan fingerprint density at radius 2 is 1.61 bits per heavy atom. The van der Waals surface area contributed by atoms with Crippen molar-refractivity contribution < 1.29 is 9.71 Å². The summed E-state index contributed by atoms with van der Waals surface area (Å²) in [6.07, 6.45) is 2.92. The van der Waals surface area contributed by atoms with Gasteiger partial charge in [-0.25, -0.2) is 0 Å². The summed E-state index contributed by atoms with van der Waals surface area (Å²) in [6.45, 7) is 3.28. The standard InChI is InChI=1S/C13H22NO3P/c1-4-18(5-2,6-3,17-14(15)16)12-13-10-8-7-9-11-13/h7-11H,4-6,12H2,1-3H3. The van der Waals surface area contributed by atoms with Crippen LogP contribution in [0.15, 0.2) is 30.3 Å². The van der Waals surface area contributed by atoms with E-state index in [2.05, 4.69) is 0 Å². The molecule has 0 N–H and O–H groups in total. The molecule has 0 saturated heterocycles. The van der Waals surface area contributed by atoms with Crippen LogP contribution in [0, 0.1) is 10.1 Å². The van der Waals surface area contributed by atoms with Gasteiger partial charge in [0.25, 0.3) is 0 Å². The van der Waals surface area contributed by atoms with Gasteiger partial charge in [0.05, 0.1) is 0 Å². The summed E-state index contributed by atoms with van der Waals surface area (Å²) in [7, 11) is 0. The van der Waals surface area contributed by atoms with Gasteiger partial charge in [0.1, 0.15) is 0 Å². The van der Waals surface area contributed by atoms with Crippen molar-refractivity contribution in [1.29, 1.82) is 0 Å². The van der Waals surface area contributed by atoms with Crippen LogP contribution in [-0.2, 0) is 10.8 Å². The second-order valence-electron chi connectivity index (χ2n) is 4.76. The number of hydrogen-bond acceptors (Lipinski definition) is 3. The van der Waals surface area contributed by atoms with E-state index in [1.807, 2.05) is 51.1 Å². The van der Waals surface area contributed by atoms with Crippen molar-refractivity contribution in [3.05, 3.63) is 46.0 Å². The Morgan fingerprint density at radius 3 is 2.00 bits per heavy atom. The predicted octanol–water partition coefficient (Wildman–Crippen LogP) is 3.92. The van der Waals surface area contributed by atoms with Gasteiger partial charge in [0, 0.05) is 0 Å². The zero-order chi connectivity index (χ0) is 13.7. The first-order valence-electron chi connectivity index (χ1n) is 6.38. The van der Waals surface area contributed by atoms with E-state index in [0.29, 0.717) is 6.16 Å². The molecule has 0 fully saturated rings. The molecule has 1 rings (SSSR count). The normalized spacial score (nSPS) is 13.6. The van der Waals surface area contributed by atoms with E-state index in [0.717, 1.165) is 24.0 Å². The third-order valence-corrected chi connectivity index (χ3v) is 10.7. The molecular weight excluding hydrogens is 249 g/mol. The van der Waals surface area contributed by atoms with Crippen molar-refractivity contribution in [2.45, 2.75) is 26.9 Å². The number of benzene rings is 1. The maximum absolute atomic E-state index is 10.9. The average Bonchev–Trinajstić information content (AvgIpc) is 2.39. The summed E-state index contributed by atoms with van der Waals surface area (Å²) >= 11 is 0. The van der Waals surface area contributed by atoms with Gasteiger partial charge in [-0.15, -0.1) is 0 Å². The molecule has 0 atom stereocenters. The van der Waals surface area contributed by atoms with Crippen molar-refractivity contribution in [2.24, 2.45) is 0 Å². The molecule has 0 amide bonds. The first kappa shape index (κ1) is 14.9. The third-order valence-electron chi connectivity index (χ3n) is 4.12. The monoisotopic (exact) mass is 271 g/mol. The van der Waals surface area contributed by atoms with Crippen LogP contribution in [0.25, 0.3) is 0 Å². The van der Waals surface area contributed by atoms with Crippen LogP contribution in [0.3, 0.4) is 0 Å². The van der Waals surface area contributed by atoms with Crippen LogP contribution in [-0.4, -0.2) is 23.6 Å². The van der Waals surface area contributed by atoms with Crippen LogP contribution in [0.4, 0.5) is 0 Å². The Bertz CT molecular complexity index is 393. The molecule has 0 aliphatic heterocycles. The van der Waals surface area contributed by atoms with E-state index in [1.165, 1.54) is 0 Å². The molecule has 1 aromatic rings. The Morgan fingerprint density at radius 1 is 1.11 bits per heavy atom. The van der Waals surface area contributed by atoms with Crippen LogP contribution >= 0.6 is 6.83 Å². The molecule has 18 heavy (non-hydrogen) atoms. The quantitative estimate of drug-likeness (QED) is 0.429. The van der Waals surface area contributed by atoms with E-state index in [1.54, 1.807) is 0 Å². The summed E-state index contributed by atoms with van der Waals surface area (Å²) in [4.78, 5) is 10.9. The molecule has 1 aromatic carbocycles. The number of rotatable bonds is 7. The van der Waals surface area contributed by atoms with Crippen LogP contribution in [0.1, 0.15) is 26.3 Å². The zero-order valence-electron chi connectivity index (χ0n) is 11.3. The molecule has 5 heteroatoms. The summed E-state index contributed by atoms with van der Waals surface area (Å²) in [5.41, 5.74) is 1.13. The third kappa shape index (κ3) is 2.99. The fraction of sp³-hybridized carbons (Fsp3) is 0.538. The van der Waals surface area contributed by atoms with Gasteiger partial charge < -0.3 is 0 Å². The Kier molecular flexibility index (Phi) is 4.69. The predicted molar refractivity (Wildman–Crippen MR) is 76.8 cm³/mol. The topological polar surface area (TPSA) is 52.4 Å². The molecule has 0 bridgehead atoms. The zero-order valence-corrected chi connectivity index (χ0v) is 12.2. The molecular formula is C13H22NO3P. The molecule has 0 spiro atoms. The fourth-order valence-electron chi connectivity index (χ4n) is 2.44. The Hall–Kier alpha value is -1.15. The van der Waals surface area contributed by atoms with Crippen LogP contribution < -0.4 is 0 Å². The van der Waals surface area contributed by atoms with E-state index >= 15 is 0 Å². The van der Waals surface area contributed by atoms with Gasteiger partial charge in [0.2, 0.25) is 0 Å². The second kappa shape index (κ2) is 5.66. The molecule has 102 valence electrons. The van der Waals surface area contributed by atoms with E-state index in [-0.39, 0.29) is 0 Å². The molecule has 0 saturated carbocycles. The van der Waals surface area contributed by atoms with Crippen LogP contribution in [0.2, 0.25) is 0 Å². The number of nitrogens with zero attached hydrogens (tertiary/aromatic N) is 1. The Labute approximate surface area is 108 Å². The molecule has 0 aromatic heterocycles. The van der Waals surface area contributed by atoms with Crippen LogP contribution in [0.5, 0.6) is 0 Å². The molecule has 0 unspecified atom stereocenters. The van der Waals surface area contributed by atoms with Crippen molar-refractivity contribution >= 4 is 6.83 Å². The molecule has 4 nitrogen and oxygen atoms in total. The average molecular weight is 271 g/mol. The SMILES string of the molecule is CCP(CC)(CC)(Cc1ccccc1)O[N+](=O)[O-]. The Balaban J connectivity index is 3.15.